The summed E-state index contributed by atoms with van der Waals surface area (Å²) in [5.74, 6) is 0.927. The molecule has 0 saturated heterocycles. The summed E-state index contributed by atoms with van der Waals surface area (Å²) in [6.07, 6.45) is 2.29. The minimum absolute atomic E-state index is 0.927. The third kappa shape index (κ3) is 1.21. The lowest BCUT2D eigenvalue weighted by Crippen LogP contribution is -1.93. The fourth-order valence-corrected chi connectivity index (χ4v) is 2.65. The van der Waals surface area contributed by atoms with Crippen molar-refractivity contribution < 1.29 is 4.74 Å². The monoisotopic (exact) mass is 266 g/mol. The van der Waals surface area contributed by atoms with Crippen molar-refractivity contribution >= 4 is 26.8 Å². The van der Waals surface area contributed by atoms with Crippen LogP contribution in [0.2, 0.25) is 0 Å². The summed E-state index contributed by atoms with van der Waals surface area (Å²) in [6, 6.07) is 3.98. The molecule has 0 aliphatic carbocycles. The molecule has 1 aliphatic rings. The number of hydrogen-bond acceptors (Lipinski definition) is 2. The van der Waals surface area contributed by atoms with E-state index in [0.29, 0.717) is 0 Å². The van der Waals surface area contributed by atoms with E-state index in [-0.39, 0.29) is 0 Å². The van der Waals surface area contributed by atoms with Gasteiger partial charge in [0.05, 0.1) is 18.2 Å². The highest BCUT2D eigenvalue weighted by atomic mass is 79.9. The van der Waals surface area contributed by atoms with Gasteiger partial charge in [0.2, 0.25) is 0 Å². The first-order chi connectivity index (χ1) is 7.31. The van der Waals surface area contributed by atoms with Gasteiger partial charge in [-0.05, 0) is 40.9 Å². The molecule has 2 heterocycles. The van der Waals surface area contributed by atoms with E-state index in [0.717, 1.165) is 28.7 Å². The zero-order valence-electron chi connectivity index (χ0n) is 8.46. The van der Waals surface area contributed by atoms with Gasteiger partial charge in [-0.1, -0.05) is 0 Å². The Morgan fingerprint density at radius 2 is 2.33 bits per heavy atom. The van der Waals surface area contributed by atoms with Gasteiger partial charge in [-0.15, -0.1) is 0 Å². The van der Waals surface area contributed by atoms with Crippen LogP contribution in [-0.4, -0.2) is 16.9 Å². The number of aromatic nitrogens is 2. The lowest BCUT2D eigenvalue weighted by Gasteiger charge is -2.03. The van der Waals surface area contributed by atoms with Crippen molar-refractivity contribution in [2.45, 2.75) is 19.4 Å². The third-order valence-corrected chi connectivity index (χ3v) is 3.55. The van der Waals surface area contributed by atoms with E-state index in [9.17, 15) is 0 Å². The maximum atomic E-state index is 5.39. The van der Waals surface area contributed by atoms with E-state index in [1.807, 2.05) is 12.1 Å². The molecule has 2 aromatic rings. The number of rotatable bonds is 1. The van der Waals surface area contributed by atoms with Crippen LogP contribution in [-0.2, 0) is 13.0 Å². The lowest BCUT2D eigenvalue weighted by molar-refractivity contribution is 0.419. The number of nitrogens with zero attached hydrogens (tertiary/aromatic N) is 2. The number of aryl methyl sites for hydroxylation is 2. The Morgan fingerprint density at radius 3 is 3.13 bits per heavy atom. The van der Waals surface area contributed by atoms with Gasteiger partial charge in [-0.25, -0.2) is 0 Å². The second kappa shape index (κ2) is 3.23. The van der Waals surface area contributed by atoms with Gasteiger partial charge in [-0.2, -0.15) is 5.10 Å². The van der Waals surface area contributed by atoms with Crippen LogP contribution in [0.3, 0.4) is 0 Å². The van der Waals surface area contributed by atoms with Gasteiger partial charge in [-0.3, -0.25) is 4.68 Å². The molecular formula is C11H11BrN2O. The molecule has 0 fully saturated rings. The first kappa shape index (κ1) is 9.21. The summed E-state index contributed by atoms with van der Waals surface area (Å²) in [6.45, 7) is 1.03. The summed E-state index contributed by atoms with van der Waals surface area (Å²) in [4.78, 5) is 0. The molecule has 0 atom stereocenters. The van der Waals surface area contributed by atoms with Crippen molar-refractivity contribution in [1.29, 1.82) is 0 Å². The van der Waals surface area contributed by atoms with Gasteiger partial charge in [0.25, 0.3) is 0 Å². The zero-order valence-corrected chi connectivity index (χ0v) is 10.0. The SMILES string of the molecule is COc1ccc(Br)c2nn3c(c12)CCC3. The summed E-state index contributed by atoms with van der Waals surface area (Å²) < 4.78 is 8.53. The number of hydrogen-bond donors (Lipinski definition) is 0. The van der Waals surface area contributed by atoms with Crippen LogP contribution in [0.15, 0.2) is 16.6 Å². The molecule has 3 rings (SSSR count). The fourth-order valence-electron chi connectivity index (χ4n) is 2.24. The molecule has 4 heteroatoms. The molecule has 0 amide bonds. The van der Waals surface area contributed by atoms with Crippen molar-refractivity contribution in [1.82, 2.24) is 9.78 Å². The Hall–Kier alpha value is -1.03. The number of benzene rings is 1. The number of fused-ring (bicyclic) bond motifs is 3. The van der Waals surface area contributed by atoms with Crippen LogP contribution < -0.4 is 4.74 Å². The lowest BCUT2D eigenvalue weighted by atomic mass is 10.1. The van der Waals surface area contributed by atoms with E-state index < -0.39 is 0 Å². The molecule has 0 saturated carbocycles. The molecule has 0 radical (unpaired) electrons. The maximum Gasteiger partial charge on any atom is 0.130 e. The number of methoxy groups -OCH3 is 1. The molecule has 1 aromatic heterocycles. The molecule has 15 heavy (non-hydrogen) atoms. The fraction of sp³-hybridized carbons (Fsp3) is 0.364. The second-order valence-corrected chi connectivity index (χ2v) is 4.60. The number of ether oxygens (including phenoxy) is 1. The van der Waals surface area contributed by atoms with E-state index in [2.05, 4.69) is 25.7 Å². The van der Waals surface area contributed by atoms with Crippen LogP contribution in [0, 0.1) is 0 Å². The molecule has 0 unspecified atom stereocenters. The molecule has 3 nitrogen and oxygen atoms in total. The van der Waals surface area contributed by atoms with E-state index in [1.165, 1.54) is 17.5 Å². The summed E-state index contributed by atoms with van der Waals surface area (Å²) >= 11 is 3.53. The first-order valence-electron chi connectivity index (χ1n) is 5.03. The number of halogens is 1. The highest BCUT2D eigenvalue weighted by Crippen LogP contribution is 2.36. The summed E-state index contributed by atoms with van der Waals surface area (Å²) in [5.41, 5.74) is 2.33. The Kier molecular flexibility index (Phi) is 1.99. The van der Waals surface area contributed by atoms with Crippen molar-refractivity contribution in [3.63, 3.8) is 0 Å². The van der Waals surface area contributed by atoms with Crippen LogP contribution in [0.25, 0.3) is 10.9 Å². The smallest absolute Gasteiger partial charge is 0.130 e. The second-order valence-electron chi connectivity index (χ2n) is 3.75. The van der Waals surface area contributed by atoms with Crippen LogP contribution in [0.5, 0.6) is 5.75 Å². The topological polar surface area (TPSA) is 27.1 Å². The van der Waals surface area contributed by atoms with Crippen LogP contribution in [0.1, 0.15) is 12.1 Å². The van der Waals surface area contributed by atoms with E-state index in [1.54, 1.807) is 7.11 Å². The standard InChI is InChI=1S/C11H11BrN2O/c1-15-9-5-4-7(12)11-10(9)8-3-2-6-14(8)13-11/h4-5H,2-3,6H2,1H3. The highest BCUT2D eigenvalue weighted by molar-refractivity contribution is 9.10. The Bertz CT molecular complexity index is 533. The molecule has 1 aromatic carbocycles. The molecule has 0 spiro atoms. The Morgan fingerprint density at radius 1 is 1.47 bits per heavy atom. The third-order valence-electron chi connectivity index (χ3n) is 2.91. The normalized spacial score (nSPS) is 14.5. The minimum Gasteiger partial charge on any atom is -0.496 e. The predicted octanol–water partition coefficient (Wildman–Crippen LogP) is 2.75. The van der Waals surface area contributed by atoms with Crippen molar-refractivity contribution in [2.24, 2.45) is 0 Å². The van der Waals surface area contributed by atoms with E-state index in [4.69, 9.17) is 4.74 Å². The van der Waals surface area contributed by atoms with Gasteiger partial charge < -0.3 is 4.74 Å². The van der Waals surface area contributed by atoms with Crippen LogP contribution >= 0.6 is 15.9 Å². The largest absolute Gasteiger partial charge is 0.496 e. The average Bonchev–Trinajstić information content (AvgIpc) is 2.79. The van der Waals surface area contributed by atoms with Gasteiger partial charge in [0.1, 0.15) is 11.3 Å². The average molecular weight is 267 g/mol. The summed E-state index contributed by atoms with van der Waals surface area (Å²) in [5, 5.41) is 5.76. The molecular weight excluding hydrogens is 256 g/mol. The summed E-state index contributed by atoms with van der Waals surface area (Å²) in [7, 11) is 1.71. The Balaban J connectivity index is 2.42. The van der Waals surface area contributed by atoms with Gasteiger partial charge >= 0.3 is 0 Å². The molecule has 0 bridgehead atoms. The predicted molar refractivity (Wildman–Crippen MR) is 62.3 cm³/mol. The zero-order chi connectivity index (χ0) is 10.4. The molecule has 78 valence electrons. The van der Waals surface area contributed by atoms with Crippen LogP contribution in [0.4, 0.5) is 0 Å². The first-order valence-corrected chi connectivity index (χ1v) is 5.82. The highest BCUT2D eigenvalue weighted by Gasteiger charge is 2.20. The van der Waals surface area contributed by atoms with Gasteiger partial charge in [0, 0.05) is 11.0 Å². The molecule has 1 aliphatic heterocycles. The van der Waals surface area contributed by atoms with Crippen molar-refractivity contribution in [3.8, 4) is 5.75 Å². The van der Waals surface area contributed by atoms with E-state index >= 15 is 0 Å². The van der Waals surface area contributed by atoms with Gasteiger partial charge in [0.15, 0.2) is 0 Å². The Labute approximate surface area is 96.2 Å². The minimum atomic E-state index is 0.927. The van der Waals surface area contributed by atoms with Crippen molar-refractivity contribution in [3.05, 3.63) is 22.3 Å². The van der Waals surface area contributed by atoms with Crippen molar-refractivity contribution in [2.75, 3.05) is 7.11 Å². The maximum absolute atomic E-state index is 5.39. The quantitative estimate of drug-likeness (QED) is 0.794. The molecule has 0 N–H and O–H groups in total.